The van der Waals surface area contributed by atoms with Crippen molar-refractivity contribution in [1.29, 1.82) is 0 Å². The highest BCUT2D eigenvalue weighted by molar-refractivity contribution is 5.94. The van der Waals surface area contributed by atoms with Gasteiger partial charge in [-0.25, -0.2) is 0 Å². The Kier molecular flexibility index (Phi) is 2.09. The van der Waals surface area contributed by atoms with Crippen molar-refractivity contribution in [2.24, 2.45) is 0 Å². The molecular formula is C10H14O2. The van der Waals surface area contributed by atoms with E-state index >= 15 is 0 Å². The van der Waals surface area contributed by atoms with Crippen molar-refractivity contribution in [3.63, 3.8) is 0 Å². The molecule has 0 amide bonds. The molecule has 0 N–H and O–H groups in total. The fourth-order valence-electron chi connectivity index (χ4n) is 1.41. The minimum Gasteiger partial charge on any atom is -0.487 e. The summed E-state index contributed by atoms with van der Waals surface area (Å²) in [6, 6.07) is 0. The Morgan fingerprint density at radius 1 is 1.75 bits per heavy atom. The Balaban J connectivity index is 2.88. The first-order chi connectivity index (χ1) is 5.48. The molecular weight excluding hydrogens is 152 g/mol. The van der Waals surface area contributed by atoms with Crippen LogP contribution in [0, 0.1) is 0 Å². The molecule has 0 aromatic rings. The van der Waals surface area contributed by atoms with Crippen molar-refractivity contribution < 1.29 is 9.53 Å². The van der Waals surface area contributed by atoms with Crippen molar-refractivity contribution in [2.45, 2.75) is 32.8 Å². The summed E-state index contributed by atoms with van der Waals surface area (Å²) in [5.41, 5.74) is 0.419. The maximum Gasteiger partial charge on any atom is 0.159 e. The first-order valence-electron chi connectivity index (χ1n) is 4.02. The highest BCUT2D eigenvalue weighted by atomic mass is 16.5. The van der Waals surface area contributed by atoms with Crippen LogP contribution in [0.3, 0.4) is 0 Å². The molecule has 0 saturated carbocycles. The van der Waals surface area contributed by atoms with Crippen LogP contribution in [0.25, 0.3) is 0 Å². The van der Waals surface area contributed by atoms with E-state index in [0.717, 1.165) is 11.3 Å². The summed E-state index contributed by atoms with van der Waals surface area (Å²) in [6.45, 7) is 9.00. The summed E-state index contributed by atoms with van der Waals surface area (Å²) in [7, 11) is 0. The molecule has 2 heteroatoms. The third-order valence-corrected chi connectivity index (χ3v) is 2.20. The minimum atomic E-state index is -0.370. The number of ether oxygens (including phenoxy) is 1. The third-order valence-electron chi connectivity index (χ3n) is 2.20. The molecule has 0 spiro atoms. The molecule has 1 aliphatic heterocycles. The third kappa shape index (κ3) is 1.42. The Hall–Kier alpha value is -1.05. The van der Waals surface area contributed by atoms with Gasteiger partial charge >= 0.3 is 0 Å². The fraction of sp³-hybridized carbons (Fsp3) is 0.500. The van der Waals surface area contributed by atoms with E-state index in [1.165, 1.54) is 0 Å². The summed E-state index contributed by atoms with van der Waals surface area (Å²) < 4.78 is 5.51. The Bertz CT molecular complexity index is 263. The molecule has 1 heterocycles. The molecule has 0 radical (unpaired) electrons. The number of rotatable bonds is 2. The van der Waals surface area contributed by atoms with Gasteiger partial charge in [-0.15, -0.1) is 0 Å². The van der Waals surface area contributed by atoms with Crippen LogP contribution in [-0.2, 0) is 9.53 Å². The predicted octanol–water partition coefficient (Wildman–Crippen LogP) is 2.21. The van der Waals surface area contributed by atoms with E-state index in [1.807, 2.05) is 13.8 Å². The first-order valence-corrected chi connectivity index (χ1v) is 4.02. The van der Waals surface area contributed by atoms with Crippen LogP contribution in [0.4, 0.5) is 0 Å². The average molecular weight is 166 g/mol. The molecule has 2 nitrogen and oxygen atoms in total. The quantitative estimate of drug-likeness (QED) is 0.588. The highest BCUT2D eigenvalue weighted by Crippen LogP contribution is 2.34. The van der Waals surface area contributed by atoms with E-state index < -0.39 is 0 Å². The second-order valence-corrected chi connectivity index (χ2v) is 3.39. The van der Waals surface area contributed by atoms with Crippen LogP contribution in [-0.4, -0.2) is 11.4 Å². The second kappa shape index (κ2) is 2.77. The second-order valence-electron chi connectivity index (χ2n) is 3.39. The highest BCUT2D eigenvalue weighted by Gasteiger charge is 2.33. The van der Waals surface area contributed by atoms with E-state index in [1.54, 1.807) is 13.0 Å². The van der Waals surface area contributed by atoms with Crippen molar-refractivity contribution >= 4 is 5.78 Å². The van der Waals surface area contributed by atoms with E-state index in [-0.39, 0.29) is 11.4 Å². The molecule has 0 bridgehead atoms. The van der Waals surface area contributed by atoms with Crippen LogP contribution in [0.5, 0.6) is 0 Å². The number of hydrogen-bond acceptors (Lipinski definition) is 2. The maximum absolute atomic E-state index is 11.1. The standard InChI is InChI=1S/C10H14O2/c1-5-10(4)6-9(7(2)11)8(3)12-10/h5H,1,6H2,2-4H3. The summed E-state index contributed by atoms with van der Waals surface area (Å²) in [5, 5.41) is 0. The van der Waals surface area contributed by atoms with Gasteiger partial charge in [0.25, 0.3) is 0 Å². The maximum atomic E-state index is 11.1. The number of ketones is 1. The molecule has 1 atom stereocenters. The van der Waals surface area contributed by atoms with Gasteiger partial charge in [0, 0.05) is 12.0 Å². The van der Waals surface area contributed by atoms with Gasteiger partial charge in [-0.3, -0.25) is 4.79 Å². The van der Waals surface area contributed by atoms with E-state index in [0.29, 0.717) is 6.42 Å². The summed E-state index contributed by atoms with van der Waals surface area (Å²) in [5.74, 6) is 0.836. The molecule has 1 rings (SSSR count). The molecule has 0 saturated heterocycles. The van der Waals surface area contributed by atoms with Gasteiger partial charge in [-0.1, -0.05) is 6.58 Å². The molecule has 0 aliphatic carbocycles. The normalized spacial score (nSPS) is 28.6. The number of allylic oxidation sites excluding steroid dienone is 1. The van der Waals surface area contributed by atoms with Crippen LogP contribution < -0.4 is 0 Å². The van der Waals surface area contributed by atoms with Gasteiger partial charge in [0.2, 0.25) is 0 Å². The minimum absolute atomic E-state index is 0.0954. The lowest BCUT2D eigenvalue weighted by Gasteiger charge is -2.19. The van der Waals surface area contributed by atoms with Crippen LogP contribution in [0.2, 0.25) is 0 Å². The molecule has 0 fully saturated rings. The van der Waals surface area contributed by atoms with Gasteiger partial charge in [0.05, 0.1) is 0 Å². The number of hydrogen-bond donors (Lipinski definition) is 0. The van der Waals surface area contributed by atoms with E-state index in [2.05, 4.69) is 6.58 Å². The van der Waals surface area contributed by atoms with E-state index in [4.69, 9.17) is 4.74 Å². The molecule has 1 aliphatic rings. The van der Waals surface area contributed by atoms with Gasteiger partial charge in [-0.05, 0) is 26.8 Å². The largest absolute Gasteiger partial charge is 0.487 e. The van der Waals surface area contributed by atoms with Gasteiger partial charge in [0.1, 0.15) is 11.4 Å². The van der Waals surface area contributed by atoms with Gasteiger partial charge in [0.15, 0.2) is 5.78 Å². The van der Waals surface area contributed by atoms with Crippen LogP contribution >= 0.6 is 0 Å². The zero-order valence-electron chi connectivity index (χ0n) is 7.81. The van der Waals surface area contributed by atoms with Gasteiger partial charge in [-0.2, -0.15) is 0 Å². The first kappa shape index (κ1) is 9.04. The van der Waals surface area contributed by atoms with Crippen LogP contribution in [0.1, 0.15) is 27.2 Å². The van der Waals surface area contributed by atoms with Crippen molar-refractivity contribution in [2.75, 3.05) is 0 Å². The van der Waals surface area contributed by atoms with Crippen molar-refractivity contribution in [3.05, 3.63) is 24.0 Å². The smallest absolute Gasteiger partial charge is 0.159 e. The average Bonchev–Trinajstić information content (AvgIpc) is 2.28. The number of carbonyl (C=O) groups is 1. The lowest BCUT2D eigenvalue weighted by molar-refractivity contribution is -0.113. The number of carbonyl (C=O) groups excluding carboxylic acids is 1. The lowest BCUT2D eigenvalue weighted by Crippen LogP contribution is -2.20. The molecule has 12 heavy (non-hydrogen) atoms. The monoisotopic (exact) mass is 166 g/mol. The SMILES string of the molecule is C=CC1(C)CC(C(C)=O)=C(C)O1. The summed E-state index contributed by atoms with van der Waals surface area (Å²) in [6.07, 6.45) is 2.39. The number of Topliss-reactive ketones (excluding diaryl/α,β-unsaturated/α-hetero) is 1. The topological polar surface area (TPSA) is 26.3 Å². The zero-order chi connectivity index (χ0) is 9.35. The predicted molar refractivity (Wildman–Crippen MR) is 47.7 cm³/mol. The molecule has 0 aromatic carbocycles. The molecule has 0 aromatic heterocycles. The Morgan fingerprint density at radius 2 is 2.33 bits per heavy atom. The Morgan fingerprint density at radius 3 is 2.58 bits per heavy atom. The van der Waals surface area contributed by atoms with Gasteiger partial charge < -0.3 is 4.74 Å². The summed E-state index contributed by atoms with van der Waals surface area (Å²) >= 11 is 0. The summed E-state index contributed by atoms with van der Waals surface area (Å²) in [4.78, 5) is 11.1. The zero-order valence-corrected chi connectivity index (χ0v) is 7.81. The van der Waals surface area contributed by atoms with Crippen molar-refractivity contribution in [1.82, 2.24) is 0 Å². The molecule has 1 unspecified atom stereocenters. The Labute approximate surface area is 72.9 Å². The molecule has 66 valence electrons. The fourth-order valence-corrected chi connectivity index (χ4v) is 1.41. The van der Waals surface area contributed by atoms with Crippen molar-refractivity contribution in [3.8, 4) is 0 Å². The van der Waals surface area contributed by atoms with E-state index in [9.17, 15) is 4.79 Å². The lowest BCUT2D eigenvalue weighted by atomic mass is 9.97. The van der Waals surface area contributed by atoms with Crippen LogP contribution in [0.15, 0.2) is 24.0 Å².